The standard InChI is InChI=1S/C15H14F3N3O3/c1-24-14(22)9-3-2-4-10(7-9)21-12-5-6-20(23)8-11(12)13(19-21)15(16,17)18/h2-4,7,23H,5-6,8H2,1H3/p+1. The topological polar surface area (TPSA) is 68.8 Å². The molecule has 0 spiro atoms. The van der Waals surface area contributed by atoms with Crippen molar-refractivity contribution in [1.82, 2.24) is 9.78 Å². The van der Waals surface area contributed by atoms with Crippen LogP contribution in [0.5, 0.6) is 0 Å². The fraction of sp³-hybridized carbons (Fsp3) is 0.333. The third-order valence-electron chi connectivity index (χ3n) is 3.90. The van der Waals surface area contributed by atoms with E-state index in [9.17, 15) is 23.2 Å². The summed E-state index contributed by atoms with van der Waals surface area (Å²) in [6.07, 6.45) is -4.38. The number of fused-ring (bicyclic) bond motifs is 1. The summed E-state index contributed by atoms with van der Waals surface area (Å²) in [5.74, 6) is -0.583. The van der Waals surface area contributed by atoms with Crippen molar-refractivity contribution >= 4 is 5.97 Å². The number of aromatic nitrogens is 2. The third-order valence-corrected chi connectivity index (χ3v) is 3.90. The van der Waals surface area contributed by atoms with Gasteiger partial charge in [-0.1, -0.05) is 6.07 Å². The van der Waals surface area contributed by atoms with Crippen LogP contribution in [0.3, 0.4) is 0 Å². The summed E-state index contributed by atoms with van der Waals surface area (Å²) in [6, 6.07) is 6.06. The smallest absolute Gasteiger partial charge is 0.435 e. The molecule has 1 aliphatic rings. The molecule has 2 N–H and O–H groups in total. The first-order chi connectivity index (χ1) is 11.3. The van der Waals surface area contributed by atoms with Gasteiger partial charge in [-0.25, -0.2) is 14.7 Å². The molecule has 9 heteroatoms. The van der Waals surface area contributed by atoms with Gasteiger partial charge in [0.25, 0.3) is 0 Å². The average molecular weight is 342 g/mol. The molecule has 1 unspecified atom stereocenters. The lowest BCUT2D eigenvalue weighted by Crippen LogP contribution is -3.09. The van der Waals surface area contributed by atoms with E-state index in [0.717, 1.165) is 0 Å². The first kappa shape index (κ1) is 16.5. The number of ether oxygens (including phenoxy) is 1. The van der Waals surface area contributed by atoms with Crippen molar-refractivity contribution in [3.05, 3.63) is 46.8 Å². The molecule has 128 valence electrons. The summed E-state index contributed by atoms with van der Waals surface area (Å²) in [5.41, 5.74) is -0.0758. The van der Waals surface area contributed by atoms with Gasteiger partial charge < -0.3 is 4.74 Å². The van der Waals surface area contributed by atoms with Crippen molar-refractivity contribution in [2.24, 2.45) is 0 Å². The number of hydrogen-bond donors (Lipinski definition) is 2. The van der Waals surface area contributed by atoms with Crippen LogP contribution in [0.4, 0.5) is 13.2 Å². The zero-order valence-corrected chi connectivity index (χ0v) is 12.7. The second-order valence-corrected chi connectivity index (χ2v) is 5.47. The van der Waals surface area contributed by atoms with Crippen molar-refractivity contribution < 1.29 is 33.0 Å². The van der Waals surface area contributed by atoms with Crippen LogP contribution in [-0.4, -0.2) is 34.6 Å². The first-order valence-electron chi connectivity index (χ1n) is 7.21. The highest BCUT2D eigenvalue weighted by molar-refractivity contribution is 5.89. The highest BCUT2D eigenvalue weighted by Gasteiger charge is 2.42. The largest absolute Gasteiger partial charge is 0.465 e. The van der Waals surface area contributed by atoms with E-state index in [4.69, 9.17) is 0 Å². The molecule has 1 aromatic heterocycles. The van der Waals surface area contributed by atoms with E-state index < -0.39 is 17.8 Å². The lowest BCUT2D eigenvalue weighted by molar-refractivity contribution is -1.10. The van der Waals surface area contributed by atoms with E-state index in [1.807, 2.05) is 0 Å². The van der Waals surface area contributed by atoms with Gasteiger partial charge >= 0.3 is 12.1 Å². The van der Waals surface area contributed by atoms with Crippen molar-refractivity contribution in [2.45, 2.75) is 19.1 Å². The first-order valence-corrected chi connectivity index (χ1v) is 7.21. The molecule has 2 heterocycles. The summed E-state index contributed by atoms with van der Waals surface area (Å²) in [5, 5.41) is 13.3. The molecule has 0 saturated carbocycles. The van der Waals surface area contributed by atoms with E-state index in [-0.39, 0.29) is 35.7 Å². The van der Waals surface area contributed by atoms with Crippen molar-refractivity contribution in [1.29, 1.82) is 0 Å². The van der Waals surface area contributed by atoms with E-state index in [1.54, 1.807) is 12.1 Å². The van der Waals surface area contributed by atoms with Crippen LogP contribution in [-0.2, 0) is 23.9 Å². The Balaban J connectivity index is 2.14. The predicted octanol–water partition coefficient (Wildman–Crippen LogP) is 1.01. The SMILES string of the molecule is COC(=O)c1cccc(-n2nc(C(F)(F)F)c3c2CC[NH+](O)C3)c1. The number of nitrogens with one attached hydrogen (secondary N) is 1. The molecule has 0 aliphatic carbocycles. The molecule has 0 bridgehead atoms. The Kier molecular flexibility index (Phi) is 4.06. The molecule has 6 nitrogen and oxygen atoms in total. The molecule has 0 fully saturated rings. The Bertz CT molecular complexity index is 786. The molecule has 0 amide bonds. The predicted molar refractivity (Wildman–Crippen MR) is 74.9 cm³/mol. The molecular formula is C15H15F3N3O3+. The number of rotatable bonds is 2. The van der Waals surface area contributed by atoms with Crippen molar-refractivity contribution in [3.63, 3.8) is 0 Å². The van der Waals surface area contributed by atoms with Gasteiger partial charge in [-0.3, -0.25) is 0 Å². The number of quaternary nitrogens is 1. The lowest BCUT2D eigenvalue weighted by atomic mass is 10.1. The zero-order valence-electron chi connectivity index (χ0n) is 12.7. The summed E-state index contributed by atoms with van der Waals surface area (Å²) in [6.45, 7) is 0.119. The molecule has 1 atom stereocenters. The number of esters is 1. The normalized spacial score (nSPS) is 17.5. The van der Waals surface area contributed by atoms with Gasteiger partial charge in [-0.05, 0) is 18.2 Å². The number of nitrogens with zero attached hydrogens (tertiary/aromatic N) is 2. The number of halogens is 3. The van der Waals surface area contributed by atoms with Crippen LogP contribution < -0.4 is 5.06 Å². The Labute approximate surface area is 135 Å². The van der Waals surface area contributed by atoms with E-state index in [1.165, 1.54) is 23.9 Å². The van der Waals surface area contributed by atoms with Crippen LogP contribution in [0.25, 0.3) is 5.69 Å². The number of methoxy groups -OCH3 is 1. The van der Waals surface area contributed by atoms with Crippen LogP contribution in [0.2, 0.25) is 0 Å². The average Bonchev–Trinajstić information content (AvgIpc) is 2.93. The molecule has 0 radical (unpaired) electrons. The third kappa shape index (κ3) is 2.87. The molecular weight excluding hydrogens is 327 g/mol. The lowest BCUT2D eigenvalue weighted by Gasteiger charge is -2.18. The maximum Gasteiger partial charge on any atom is 0.435 e. The number of carbonyl (C=O) groups excluding carboxylic acids is 1. The molecule has 1 aromatic carbocycles. The summed E-state index contributed by atoms with van der Waals surface area (Å²) in [7, 11) is 1.23. The Morgan fingerprint density at radius 3 is 2.83 bits per heavy atom. The number of alkyl halides is 3. The minimum Gasteiger partial charge on any atom is -0.465 e. The highest BCUT2D eigenvalue weighted by atomic mass is 19.4. The van der Waals surface area contributed by atoms with Gasteiger partial charge in [-0.2, -0.15) is 23.3 Å². The van der Waals surface area contributed by atoms with E-state index in [2.05, 4.69) is 9.84 Å². The van der Waals surface area contributed by atoms with Crippen LogP contribution >= 0.6 is 0 Å². The van der Waals surface area contributed by atoms with Gasteiger partial charge in [0.2, 0.25) is 0 Å². The molecule has 24 heavy (non-hydrogen) atoms. The number of benzene rings is 1. The number of carbonyl (C=O) groups is 1. The molecule has 1 aliphatic heterocycles. The number of hydrogen-bond acceptors (Lipinski definition) is 4. The van der Waals surface area contributed by atoms with Gasteiger partial charge in [0.15, 0.2) is 5.69 Å². The minimum atomic E-state index is -4.62. The Morgan fingerprint density at radius 2 is 2.17 bits per heavy atom. The van der Waals surface area contributed by atoms with Crippen LogP contribution in [0.1, 0.15) is 27.3 Å². The fourth-order valence-electron chi connectivity index (χ4n) is 2.81. The Hall–Kier alpha value is -2.39. The fourth-order valence-corrected chi connectivity index (χ4v) is 2.81. The van der Waals surface area contributed by atoms with Crippen LogP contribution in [0, 0.1) is 0 Å². The van der Waals surface area contributed by atoms with Crippen molar-refractivity contribution in [2.75, 3.05) is 13.7 Å². The van der Waals surface area contributed by atoms with Gasteiger partial charge in [0.05, 0.1) is 29.6 Å². The Morgan fingerprint density at radius 1 is 1.42 bits per heavy atom. The second-order valence-electron chi connectivity index (χ2n) is 5.47. The summed E-state index contributed by atoms with van der Waals surface area (Å²) >= 11 is 0. The van der Waals surface area contributed by atoms with E-state index >= 15 is 0 Å². The maximum absolute atomic E-state index is 13.3. The summed E-state index contributed by atoms with van der Waals surface area (Å²) in [4.78, 5) is 11.6. The van der Waals surface area contributed by atoms with E-state index in [0.29, 0.717) is 11.4 Å². The van der Waals surface area contributed by atoms with Crippen LogP contribution in [0.15, 0.2) is 24.3 Å². The highest BCUT2D eigenvalue weighted by Crippen LogP contribution is 2.34. The quantitative estimate of drug-likeness (QED) is 0.800. The number of hydroxylamine groups is 2. The molecule has 3 rings (SSSR count). The monoisotopic (exact) mass is 342 g/mol. The zero-order chi connectivity index (χ0) is 17.5. The molecule has 2 aromatic rings. The maximum atomic E-state index is 13.3. The van der Waals surface area contributed by atoms with Gasteiger partial charge in [-0.15, -0.1) is 0 Å². The molecule has 0 saturated heterocycles. The summed E-state index contributed by atoms with van der Waals surface area (Å²) < 4.78 is 45.6. The van der Waals surface area contributed by atoms with Gasteiger partial charge in [0.1, 0.15) is 13.1 Å². The van der Waals surface area contributed by atoms with Gasteiger partial charge in [0, 0.05) is 6.42 Å². The minimum absolute atomic E-state index is 0.0101. The second kappa shape index (κ2) is 5.91. The van der Waals surface area contributed by atoms with Crippen molar-refractivity contribution in [3.8, 4) is 5.69 Å².